The first-order valence-corrected chi connectivity index (χ1v) is 6.41. The van der Waals surface area contributed by atoms with Gasteiger partial charge in [0.15, 0.2) is 5.16 Å². The average Bonchev–Trinajstić information content (AvgIpc) is 2.38. The molecule has 1 aromatic carbocycles. The van der Waals surface area contributed by atoms with Gasteiger partial charge in [-0.3, -0.25) is 0 Å². The van der Waals surface area contributed by atoms with Gasteiger partial charge in [0.05, 0.1) is 0 Å². The third-order valence-electron chi connectivity index (χ3n) is 2.19. The molecule has 0 fully saturated rings. The van der Waals surface area contributed by atoms with Crippen molar-refractivity contribution in [3.8, 4) is 17.7 Å². The van der Waals surface area contributed by atoms with Gasteiger partial charge in [-0.05, 0) is 18.4 Å². The lowest BCUT2D eigenvalue weighted by Gasteiger charge is -2.08. The highest BCUT2D eigenvalue weighted by atomic mass is 32.2. The van der Waals surface area contributed by atoms with Gasteiger partial charge in [0, 0.05) is 6.07 Å². The Morgan fingerprint density at radius 3 is 2.89 bits per heavy atom. The van der Waals surface area contributed by atoms with Gasteiger partial charge in [-0.1, -0.05) is 17.8 Å². The minimum absolute atomic E-state index is 0.0904. The van der Waals surface area contributed by atoms with Crippen LogP contribution in [0.4, 0.5) is 10.2 Å². The number of ether oxygens (including phenoxy) is 1. The number of nitrogen functional groups attached to an aromatic ring is 1. The molecule has 96 valence electrons. The first kappa shape index (κ1) is 13.1. The van der Waals surface area contributed by atoms with Gasteiger partial charge in [-0.25, -0.2) is 9.37 Å². The molecule has 0 aliphatic rings. The lowest BCUT2D eigenvalue weighted by atomic mass is 10.2. The maximum Gasteiger partial charge on any atom is 0.225 e. The molecular weight excluding hydrogens is 267 g/mol. The number of halogens is 1. The summed E-state index contributed by atoms with van der Waals surface area (Å²) in [5, 5.41) is 9.34. The second kappa shape index (κ2) is 5.54. The summed E-state index contributed by atoms with van der Waals surface area (Å²) in [6, 6.07) is 7.28. The molecule has 7 heteroatoms. The zero-order chi connectivity index (χ0) is 13.8. The number of nitrogens with two attached hydrogens (primary N) is 1. The van der Waals surface area contributed by atoms with Crippen molar-refractivity contribution in [2.45, 2.75) is 5.16 Å². The van der Waals surface area contributed by atoms with Crippen molar-refractivity contribution in [3.05, 3.63) is 35.6 Å². The highest BCUT2D eigenvalue weighted by Crippen LogP contribution is 2.27. The van der Waals surface area contributed by atoms with E-state index in [9.17, 15) is 4.39 Å². The van der Waals surface area contributed by atoms with Crippen LogP contribution in [-0.2, 0) is 0 Å². The Hall–Kier alpha value is -2.33. The van der Waals surface area contributed by atoms with Crippen LogP contribution in [0.2, 0.25) is 0 Å². The van der Waals surface area contributed by atoms with E-state index >= 15 is 0 Å². The van der Waals surface area contributed by atoms with Gasteiger partial charge < -0.3 is 10.5 Å². The first-order chi connectivity index (χ1) is 9.13. The molecule has 0 atom stereocenters. The van der Waals surface area contributed by atoms with E-state index in [1.54, 1.807) is 12.3 Å². The lowest BCUT2D eigenvalue weighted by molar-refractivity contribution is 0.450. The molecule has 2 aromatic rings. The van der Waals surface area contributed by atoms with Crippen molar-refractivity contribution < 1.29 is 9.13 Å². The number of benzene rings is 1. The minimum atomic E-state index is -0.646. The monoisotopic (exact) mass is 276 g/mol. The smallest absolute Gasteiger partial charge is 0.225 e. The summed E-state index contributed by atoms with van der Waals surface area (Å²) in [7, 11) is 0. The van der Waals surface area contributed by atoms with Crippen LogP contribution in [0, 0.1) is 17.1 Å². The molecular formula is C12H9FN4OS. The summed E-state index contributed by atoms with van der Waals surface area (Å²) in [6.07, 6.45) is 1.79. The van der Waals surface area contributed by atoms with E-state index in [1.165, 1.54) is 36.0 Å². The van der Waals surface area contributed by atoms with Crippen molar-refractivity contribution in [1.29, 1.82) is 5.26 Å². The summed E-state index contributed by atoms with van der Waals surface area (Å²) in [5.74, 6) is -0.150. The van der Waals surface area contributed by atoms with Gasteiger partial charge in [-0.2, -0.15) is 10.2 Å². The fraction of sp³-hybridized carbons (Fsp3) is 0.0833. The number of hydrogen-bond acceptors (Lipinski definition) is 6. The highest BCUT2D eigenvalue weighted by Gasteiger charge is 2.11. The first-order valence-electron chi connectivity index (χ1n) is 5.19. The molecule has 2 rings (SSSR count). The quantitative estimate of drug-likeness (QED) is 0.685. The largest absolute Gasteiger partial charge is 0.437 e. The summed E-state index contributed by atoms with van der Waals surface area (Å²) in [6.45, 7) is 0. The Kier molecular flexibility index (Phi) is 3.82. The number of anilines is 1. The van der Waals surface area contributed by atoms with Gasteiger partial charge in [0.25, 0.3) is 0 Å². The molecule has 0 saturated heterocycles. The average molecular weight is 276 g/mol. The minimum Gasteiger partial charge on any atom is -0.437 e. The van der Waals surface area contributed by atoms with Crippen molar-refractivity contribution in [3.63, 3.8) is 0 Å². The summed E-state index contributed by atoms with van der Waals surface area (Å²) >= 11 is 1.30. The van der Waals surface area contributed by atoms with Crippen LogP contribution >= 0.6 is 11.8 Å². The molecule has 0 bridgehead atoms. The summed E-state index contributed by atoms with van der Waals surface area (Å²) < 4.78 is 18.8. The van der Waals surface area contributed by atoms with Crippen LogP contribution in [0.3, 0.4) is 0 Å². The molecule has 0 unspecified atom stereocenters. The molecule has 0 saturated carbocycles. The molecule has 0 aliphatic carbocycles. The molecule has 1 heterocycles. The fourth-order valence-electron chi connectivity index (χ4n) is 1.37. The highest BCUT2D eigenvalue weighted by molar-refractivity contribution is 7.98. The third kappa shape index (κ3) is 2.92. The van der Waals surface area contributed by atoms with Crippen LogP contribution in [-0.4, -0.2) is 16.2 Å². The van der Waals surface area contributed by atoms with E-state index < -0.39 is 5.82 Å². The molecule has 19 heavy (non-hydrogen) atoms. The standard InChI is InChI=1S/C12H9FN4OS/c1-19-12-16-10(15)5-11(17-12)18-9-4-2-3-8(13)7(9)6-14/h2-5H,1H3,(H2,15,16,17). The zero-order valence-corrected chi connectivity index (χ0v) is 10.7. The van der Waals surface area contributed by atoms with E-state index in [4.69, 9.17) is 15.7 Å². The molecule has 0 aliphatic heterocycles. The van der Waals surface area contributed by atoms with Crippen molar-refractivity contribution in [1.82, 2.24) is 9.97 Å². The number of rotatable bonds is 3. The topological polar surface area (TPSA) is 84.8 Å². The Morgan fingerprint density at radius 2 is 2.21 bits per heavy atom. The van der Waals surface area contributed by atoms with Crippen LogP contribution in [0.25, 0.3) is 0 Å². The van der Waals surface area contributed by atoms with Crippen LogP contribution in [0.5, 0.6) is 11.6 Å². The lowest BCUT2D eigenvalue weighted by Crippen LogP contribution is -1.98. The van der Waals surface area contributed by atoms with E-state index in [1.807, 2.05) is 0 Å². The SMILES string of the molecule is CSc1nc(N)cc(Oc2cccc(F)c2C#N)n1. The summed E-state index contributed by atoms with van der Waals surface area (Å²) in [4.78, 5) is 8.03. The molecule has 2 N–H and O–H groups in total. The van der Waals surface area contributed by atoms with Gasteiger partial charge >= 0.3 is 0 Å². The fourth-order valence-corrected chi connectivity index (χ4v) is 1.75. The molecule has 0 spiro atoms. The maximum absolute atomic E-state index is 13.4. The van der Waals surface area contributed by atoms with Crippen LogP contribution in [0.15, 0.2) is 29.4 Å². The zero-order valence-electron chi connectivity index (χ0n) is 9.92. The predicted octanol–water partition coefficient (Wildman–Crippen LogP) is 2.58. The molecule has 0 radical (unpaired) electrons. The third-order valence-corrected chi connectivity index (χ3v) is 2.73. The van der Waals surface area contributed by atoms with Gasteiger partial charge in [0.1, 0.15) is 29.0 Å². The maximum atomic E-state index is 13.4. The van der Waals surface area contributed by atoms with Crippen molar-refractivity contribution in [2.24, 2.45) is 0 Å². The van der Waals surface area contributed by atoms with Crippen LogP contribution in [0.1, 0.15) is 5.56 Å². The second-order valence-electron chi connectivity index (χ2n) is 3.44. The number of aromatic nitrogens is 2. The molecule has 0 amide bonds. The van der Waals surface area contributed by atoms with Crippen molar-refractivity contribution in [2.75, 3.05) is 12.0 Å². The Balaban J connectivity index is 2.39. The normalized spacial score (nSPS) is 9.95. The van der Waals surface area contributed by atoms with Gasteiger partial charge in [-0.15, -0.1) is 0 Å². The van der Waals surface area contributed by atoms with E-state index in [2.05, 4.69) is 9.97 Å². The Bertz CT molecular complexity index is 657. The molecule has 5 nitrogen and oxygen atoms in total. The van der Waals surface area contributed by atoms with Crippen molar-refractivity contribution >= 4 is 17.6 Å². The van der Waals surface area contributed by atoms with E-state index in [-0.39, 0.29) is 23.0 Å². The van der Waals surface area contributed by atoms with Gasteiger partial charge in [0.2, 0.25) is 5.88 Å². The molecule has 1 aromatic heterocycles. The Morgan fingerprint density at radius 1 is 1.42 bits per heavy atom. The summed E-state index contributed by atoms with van der Waals surface area (Å²) in [5.41, 5.74) is 5.43. The predicted molar refractivity (Wildman–Crippen MR) is 69.4 cm³/mol. The van der Waals surface area contributed by atoms with Crippen LogP contribution < -0.4 is 10.5 Å². The Labute approximate surface area is 113 Å². The second-order valence-corrected chi connectivity index (χ2v) is 4.22. The number of thioether (sulfide) groups is 1. The number of hydrogen-bond donors (Lipinski definition) is 1. The number of nitrogens with zero attached hydrogens (tertiary/aromatic N) is 3. The number of nitriles is 1. The van der Waals surface area contributed by atoms with E-state index in [0.29, 0.717) is 5.16 Å². The van der Waals surface area contributed by atoms with E-state index in [0.717, 1.165) is 0 Å².